The van der Waals surface area contributed by atoms with Crippen LogP contribution in [0.5, 0.6) is 5.75 Å². The Kier molecular flexibility index (Phi) is 5.95. The van der Waals surface area contributed by atoms with Crippen molar-refractivity contribution in [3.63, 3.8) is 0 Å². The summed E-state index contributed by atoms with van der Waals surface area (Å²) < 4.78 is 31.3. The van der Waals surface area contributed by atoms with E-state index in [0.717, 1.165) is 11.3 Å². The van der Waals surface area contributed by atoms with Crippen LogP contribution in [0.1, 0.15) is 11.3 Å². The Morgan fingerprint density at radius 3 is 2.79 bits per heavy atom. The molecule has 0 unspecified atom stereocenters. The molecule has 0 saturated carbocycles. The Labute approximate surface area is 149 Å². The van der Waals surface area contributed by atoms with E-state index >= 15 is 0 Å². The van der Waals surface area contributed by atoms with Crippen LogP contribution in [0.3, 0.4) is 0 Å². The van der Waals surface area contributed by atoms with E-state index in [0.29, 0.717) is 22.4 Å². The highest BCUT2D eigenvalue weighted by atomic mass is 35.5. The van der Waals surface area contributed by atoms with Gasteiger partial charge in [0.2, 0.25) is 0 Å². The van der Waals surface area contributed by atoms with Crippen LogP contribution in [0, 0.1) is 6.92 Å². The lowest BCUT2D eigenvalue weighted by molar-refractivity contribution is -0.0493. The standard InChI is InChI=1S/C15H17ClF2N4OS/c1-9-4-5-11(13(6-9)23-14(17)18)20-15(24)21(2)8-12-10(16)7-19-22(12)3/h4-7,14H,8H2,1-3H3,(H,20,24). The van der Waals surface area contributed by atoms with Gasteiger partial charge in [0, 0.05) is 14.1 Å². The zero-order valence-electron chi connectivity index (χ0n) is 13.4. The molecule has 0 amide bonds. The zero-order valence-corrected chi connectivity index (χ0v) is 15.0. The highest BCUT2D eigenvalue weighted by molar-refractivity contribution is 7.80. The Morgan fingerprint density at radius 1 is 1.50 bits per heavy atom. The molecule has 2 aromatic rings. The number of nitrogens with one attached hydrogen (secondary N) is 1. The number of aryl methyl sites for hydroxylation is 2. The molecular weight excluding hydrogens is 358 g/mol. The van der Waals surface area contributed by atoms with Gasteiger partial charge in [-0.05, 0) is 36.8 Å². The van der Waals surface area contributed by atoms with Gasteiger partial charge in [0.15, 0.2) is 5.11 Å². The lowest BCUT2D eigenvalue weighted by Crippen LogP contribution is -2.31. The van der Waals surface area contributed by atoms with Crippen LogP contribution in [-0.4, -0.2) is 33.5 Å². The first-order chi connectivity index (χ1) is 11.3. The van der Waals surface area contributed by atoms with E-state index < -0.39 is 6.61 Å². The van der Waals surface area contributed by atoms with Gasteiger partial charge in [-0.2, -0.15) is 13.9 Å². The van der Waals surface area contributed by atoms with Gasteiger partial charge in [-0.25, -0.2) is 0 Å². The number of ether oxygens (including phenoxy) is 1. The molecule has 1 aromatic heterocycles. The van der Waals surface area contributed by atoms with Crippen molar-refractivity contribution >= 4 is 34.6 Å². The van der Waals surface area contributed by atoms with Crippen molar-refractivity contribution in [1.29, 1.82) is 0 Å². The van der Waals surface area contributed by atoms with E-state index in [1.54, 1.807) is 48.9 Å². The van der Waals surface area contributed by atoms with Crippen LogP contribution in [-0.2, 0) is 13.6 Å². The Bertz CT molecular complexity index is 719. The van der Waals surface area contributed by atoms with Gasteiger partial charge in [0.1, 0.15) is 5.75 Å². The molecular formula is C15H17ClF2N4OS. The molecule has 24 heavy (non-hydrogen) atoms. The molecule has 0 bridgehead atoms. The predicted octanol–water partition coefficient (Wildman–Crippen LogP) is 3.81. The van der Waals surface area contributed by atoms with Gasteiger partial charge in [0.25, 0.3) is 0 Å². The van der Waals surface area contributed by atoms with Gasteiger partial charge < -0.3 is 15.0 Å². The number of nitrogens with zero attached hydrogens (tertiary/aromatic N) is 3. The summed E-state index contributed by atoms with van der Waals surface area (Å²) in [5, 5.41) is 7.86. The molecule has 1 N–H and O–H groups in total. The smallest absolute Gasteiger partial charge is 0.387 e. The van der Waals surface area contributed by atoms with Crippen molar-refractivity contribution in [2.24, 2.45) is 7.05 Å². The van der Waals surface area contributed by atoms with Crippen molar-refractivity contribution in [2.45, 2.75) is 20.1 Å². The van der Waals surface area contributed by atoms with Gasteiger partial charge >= 0.3 is 6.61 Å². The van der Waals surface area contributed by atoms with Crippen molar-refractivity contribution in [1.82, 2.24) is 14.7 Å². The number of hydrogen-bond donors (Lipinski definition) is 1. The number of anilines is 1. The van der Waals surface area contributed by atoms with Crippen LogP contribution in [0.25, 0.3) is 0 Å². The molecule has 0 saturated heterocycles. The second kappa shape index (κ2) is 7.76. The van der Waals surface area contributed by atoms with E-state index in [2.05, 4.69) is 15.2 Å². The molecule has 1 aromatic carbocycles. The predicted molar refractivity (Wildman–Crippen MR) is 93.7 cm³/mol. The maximum absolute atomic E-state index is 12.6. The fraction of sp³-hybridized carbons (Fsp3) is 0.333. The SMILES string of the molecule is Cc1ccc(NC(=S)N(C)Cc2c(Cl)cnn2C)c(OC(F)F)c1. The minimum Gasteiger partial charge on any atom is -0.433 e. The molecule has 130 valence electrons. The average Bonchev–Trinajstić information content (AvgIpc) is 2.81. The topological polar surface area (TPSA) is 42.3 Å². The van der Waals surface area contributed by atoms with E-state index in [9.17, 15) is 8.78 Å². The van der Waals surface area contributed by atoms with Crippen LogP contribution < -0.4 is 10.1 Å². The molecule has 0 aliphatic heterocycles. The second-order valence-corrected chi connectivity index (χ2v) is 6.02. The molecule has 2 rings (SSSR count). The molecule has 5 nitrogen and oxygen atoms in total. The summed E-state index contributed by atoms with van der Waals surface area (Å²) >= 11 is 11.4. The number of benzene rings is 1. The third kappa shape index (κ3) is 4.55. The Balaban J connectivity index is 2.11. The Morgan fingerprint density at radius 2 is 2.21 bits per heavy atom. The summed E-state index contributed by atoms with van der Waals surface area (Å²) in [7, 11) is 3.54. The molecule has 0 atom stereocenters. The van der Waals surface area contributed by atoms with Crippen molar-refractivity contribution in [2.75, 3.05) is 12.4 Å². The first-order valence-electron chi connectivity index (χ1n) is 7.02. The molecule has 1 heterocycles. The van der Waals surface area contributed by atoms with Crippen molar-refractivity contribution in [3.8, 4) is 5.75 Å². The monoisotopic (exact) mass is 374 g/mol. The summed E-state index contributed by atoms with van der Waals surface area (Å²) in [6, 6.07) is 4.95. The lowest BCUT2D eigenvalue weighted by Gasteiger charge is -2.22. The van der Waals surface area contributed by atoms with Crippen molar-refractivity contribution < 1.29 is 13.5 Å². The number of thiocarbonyl (C=S) groups is 1. The maximum atomic E-state index is 12.6. The zero-order chi connectivity index (χ0) is 17.9. The van der Waals surface area contributed by atoms with Gasteiger partial charge in [-0.15, -0.1) is 0 Å². The molecule has 0 radical (unpaired) electrons. The summed E-state index contributed by atoms with van der Waals surface area (Å²) in [5.74, 6) is 0.0410. The fourth-order valence-electron chi connectivity index (χ4n) is 2.05. The van der Waals surface area contributed by atoms with Gasteiger partial charge in [-0.1, -0.05) is 17.7 Å². The van der Waals surface area contributed by atoms with E-state index in [1.165, 1.54) is 6.07 Å². The summed E-state index contributed by atoms with van der Waals surface area (Å²) in [5.41, 5.74) is 1.96. The first-order valence-corrected chi connectivity index (χ1v) is 7.80. The van der Waals surface area contributed by atoms with Gasteiger partial charge in [0.05, 0.1) is 29.1 Å². The average molecular weight is 375 g/mol. The van der Waals surface area contributed by atoms with Gasteiger partial charge in [-0.3, -0.25) is 4.68 Å². The first kappa shape index (κ1) is 18.4. The second-order valence-electron chi connectivity index (χ2n) is 5.23. The highest BCUT2D eigenvalue weighted by Crippen LogP contribution is 2.28. The van der Waals surface area contributed by atoms with Crippen LogP contribution >= 0.6 is 23.8 Å². The van der Waals surface area contributed by atoms with Crippen LogP contribution in [0.2, 0.25) is 5.02 Å². The highest BCUT2D eigenvalue weighted by Gasteiger charge is 2.15. The van der Waals surface area contributed by atoms with E-state index in [1.807, 2.05) is 0 Å². The van der Waals surface area contributed by atoms with Crippen LogP contribution in [0.4, 0.5) is 14.5 Å². The van der Waals surface area contributed by atoms with E-state index in [-0.39, 0.29) is 5.75 Å². The number of rotatable bonds is 5. The number of halogens is 3. The van der Waals surface area contributed by atoms with Crippen molar-refractivity contribution in [3.05, 3.63) is 40.7 Å². The number of hydrogen-bond acceptors (Lipinski definition) is 3. The van der Waals surface area contributed by atoms with Crippen LogP contribution in [0.15, 0.2) is 24.4 Å². The summed E-state index contributed by atoms with van der Waals surface area (Å²) in [6.45, 7) is -0.707. The van der Waals surface area contributed by atoms with E-state index in [4.69, 9.17) is 23.8 Å². The summed E-state index contributed by atoms with van der Waals surface area (Å²) in [4.78, 5) is 1.73. The third-order valence-electron chi connectivity index (χ3n) is 3.34. The number of aromatic nitrogens is 2. The molecule has 9 heteroatoms. The Hall–Kier alpha value is -1.93. The minimum atomic E-state index is -2.91. The molecule has 0 aliphatic carbocycles. The molecule has 0 fully saturated rings. The molecule has 0 aliphatic rings. The minimum absolute atomic E-state index is 0.0410. The molecule has 0 spiro atoms. The number of alkyl halides is 2. The fourth-order valence-corrected chi connectivity index (χ4v) is 2.45. The lowest BCUT2D eigenvalue weighted by atomic mass is 10.2. The maximum Gasteiger partial charge on any atom is 0.387 e. The quantitative estimate of drug-likeness (QED) is 0.806. The largest absolute Gasteiger partial charge is 0.433 e. The summed E-state index contributed by atoms with van der Waals surface area (Å²) in [6.07, 6.45) is 1.55. The normalized spacial score (nSPS) is 10.8. The third-order valence-corrected chi connectivity index (χ3v) is 4.07.